The van der Waals surface area contributed by atoms with Gasteiger partial charge in [0, 0.05) is 19.0 Å². The summed E-state index contributed by atoms with van der Waals surface area (Å²) in [5.74, 6) is 1.88. The summed E-state index contributed by atoms with van der Waals surface area (Å²) in [6, 6.07) is 3.57. The van der Waals surface area contributed by atoms with Crippen molar-refractivity contribution in [2.45, 2.75) is 25.7 Å². The first-order chi connectivity index (χ1) is 10.3. The molecule has 3 rings (SSSR count). The summed E-state index contributed by atoms with van der Waals surface area (Å²) in [5, 5.41) is 8.12. The average Bonchev–Trinajstić information content (AvgIpc) is 3.19. The minimum absolute atomic E-state index is 0.0674. The van der Waals surface area contributed by atoms with Crippen LogP contribution in [0.25, 0.3) is 11.7 Å². The highest BCUT2D eigenvalue weighted by molar-refractivity contribution is 5.87. The predicted octanol–water partition coefficient (Wildman–Crippen LogP) is 2.61. The van der Waals surface area contributed by atoms with Gasteiger partial charge in [0.2, 0.25) is 11.8 Å². The number of nitrogens with zero attached hydrogens (tertiary/aromatic N) is 3. The van der Waals surface area contributed by atoms with Crippen LogP contribution in [0.1, 0.15) is 31.6 Å². The number of rotatable bonds is 3. The Hall–Kier alpha value is -2.37. The number of carbonyl (C=O) groups excluding carboxylic acids is 1. The third-order valence-electron chi connectivity index (χ3n) is 3.64. The molecule has 2 aromatic rings. The second-order valence-corrected chi connectivity index (χ2v) is 5.02. The molecule has 0 spiro atoms. The molecule has 0 radical (unpaired) electrons. The molecule has 0 aliphatic carbocycles. The minimum Gasteiger partial charge on any atom is -0.459 e. The van der Waals surface area contributed by atoms with Gasteiger partial charge in [0.15, 0.2) is 5.76 Å². The minimum atomic E-state index is 0.0674. The molecule has 3 heterocycles. The monoisotopic (exact) mass is 287 g/mol. The molecule has 1 amide bonds. The van der Waals surface area contributed by atoms with E-state index >= 15 is 0 Å². The Morgan fingerprint density at radius 2 is 2.19 bits per heavy atom. The van der Waals surface area contributed by atoms with Crippen molar-refractivity contribution in [2.75, 3.05) is 13.1 Å². The number of likely N-dealkylation sites (tertiary alicyclic amines) is 1. The molecule has 6 heteroatoms. The lowest BCUT2D eigenvalue weighted by molar-refractivity contribution is -0.127. The number of piperidine rings is 1. The second-order valence-electron chi connectivity index (χ2n) is 5.02. The first-order valence-corrected chi connectivity index (χ1v) is 7.07. The van der Waals surface area contributed by atoms with Crippen LogP contribution in [-0.4, -0.2) is 34.1 Å². The summed E-state index contributed by atoms with van der Waals surface area (Å²) in [5.41, 5.74) is 0. The van der Waals surface area contributed by atoms with Crippen LogP contribution in [-0.2, 0) is 4.79 Å². The summed E-state index contributed by atoms with van der Waals surface area (Å²) >= 11 is 0. The van der Waals surface area contributed by atoms with Crippen molar-refractivity contribution in [3.63, 3.8) is 0 Å². The van der Waals surface area contributed by atoms with E-state index in [4.69, 9.17) is 8.83 Å². The van der Waals surface area contributed by atoms with Crippen molar-refractivity contribution in [1.29, 1.82) is 0 Å². The molecule has 0 unspecified atom stereocenters. The van der Waals surface area contributed by atoms with E-state index in [2.05, 4.69) is 10.2 Å². The van der Waals surface area contributed by atoms with Crippen LogP contribution in [0.15, 0.2) is 39.4 Å². The number of amides is 1. The zero-order valence-corrected chi connectivity index (χ0v) is 11.9. The Labute approximate surface area is 122 Å². The van der Waals surface area contributed by atoms with Gasteiger partial charge in [0.1, 0.15) is 0 Å². The maximum Gasteiger partial charge on any atom is 0.283 e. The highest BCUT2D eigenvalue weighted by Crippen LogP contribution is 2.29. The van der Waals surface area contributed by atoms with Crippen LogP contribution in [0.3, 0.4) is 0 Å². The van der Waals surface area contributed by atoms with E-state index in [1.54, 1.807) is 30.5 Å². The van der Waals surface area contributed by atoms with Crippen molar-refractivity contribution in [3.05, 3.63) is 36.4 Å². The number of aromatic nitrogens is 2. The molecule has 0 bridgehead atoms. The fourth-order valence-electron chi connectivity index (χ4n) is 2.49. The van der Waals surface area contributed by atoms with E-state index in [0.717, 1.165) is 12.8 Å². The lowest BCUT2D eigenvalue weighted by Gasteiger charge is -2.29. The van der Waals surface area contributed by atoms with E-state index in [0.29, 0.717) is 30.6 Å². The lowest BCUT2D eigenvalue weighted by Crippen LogP contribution is -2.36. The fraction of sp³-hybridized carbons (Fsp3) is 0.400. The molecule has 2 aromatic heterocycles. The van der Waals surface area contributed by atoms with Gasteiger partial charge in [0.25, 0.3) is 5.89 Å². The largest absolute Gasteiger partial charge is 0.459 e. The molecule has 1 aliphatic heterocycles. The van der Waals surface area contributed by atoms with Crippen LogP contribution >= 0.6 is 0 Å². The molecule has 0 aromatic carbocycles. The first-order valence-electron chi connectivity index (χ1n) is 7.07. The normalized spacial score (nSPS) is 16.7. The van der Waals surface area contributed by atoms with Gasteiger partial charge >= 0.3 is 0 Å². The van der Waals surface area contributed by atoms with E-state index in [1.165, 1.54) is 0 Å². The first kappa shape index (κ1) is 13.6. The Morgan fingerprint density at radius 1 is 1.38 bits per heavy atom. The summed E-state index contributed by atoms with van der Waals surface area (Å²) in [6.07, 6.45) is 6.61. The predicted molar refractivity (Wildman–Crippen MR) is 75.4 cm³/mol. The summed E-state index contributed by atoms with van der Waals surface area (Å²) in [4.78, 5) is 13.6. The van der Waals surface area contributed by atoms with Crippen LogP contribution in [0.4, 0.5) is 0 Å². The number of furan rings is 1. The topological polar surface area (TPSA) is 72.4 Å². The average molecular weight is 287 g/mol. The molecule has 110 valence electrons. The zero-order valence-electron chi connectivity index (χ0n) is 11.9. The van der Waals surface area contributed by atoms with Gasteiger partial charge in [-0.2, -0.15) is 0 Å². The number of allylic oxidation sites excluding steroid dienone is 1. The second kappa shape index (κ2) is 5.95. The summed E-state index contributed by atoms with van der Waals surface area (Å²) < 4.78 is 10.9. The van der Waals surface area contributed by atoms with Crippen molar-refractivity contribution in [1.82, 2.24) is 15.1 Å². The number of carbonyl (C=O) groups is 1. The SMILES string of the molecule is CC=CC(=O)N1CCC(c2nnc(-c3ccco3)o2)CC1. The molecule has 0 atom stereocenters. The van der Waals surface area contributed by atoms with Crippen molar-refractivity contribution < 1.29 is 13.6 Å². The van der Waals surface area contributed by atoms with E-state index in [9.17, 15) is 4.79 Å². The molecule has 6 nitrogen and oxygen atoms in total. The number of hydrogen-bond donors (Lipinski definition) is 0. The zero-order chi connectivity index (χ0) is 14.7. The summed E-state index contributed by atoms with van der Waals surface area (Å²) in [6.45, 7) is 3.28. The molecule has 1 fully saturated rings. The van der Waals surface area contributed by atoms with Crippen molar-refractivity contribution >= 4 is 5.91 Å². The third kappa shape index (κ3) is 2.89. The highest BCUT2D eigenvalue weighted by atomic mass is 16.4. The summed E-state index contributed by atoms with van der Waals surface area (Å²) in [7, 11) is 0. The maximum absolute atomic E-state index is 11.8. The van der Waals surface area contributed by atoms with Gasteiger partial charge in [0.05, 0.1) is 6.26 Å². The molecule has 1 aliphatic rings. The molecule has 1 saturated heterocycles. The van der Waals surface area contributed by atoms with E-state index in [1.807, 2.05) is 11.8 Å². The van der Waals surface area contributed by atoms with Crippen LogP contribution < -0.4 is 0 Å². The van der Waals surface area contributed by atoms with Crippen LogP contribution in [0.2, 0.25) is 0 Å². The quantitative estimate of drug-likeness (QED) is 0.811. The molecular formula is C15H17N3O3. The Balaban J connectivity index is 1.64. The smallest absolute Gasteiger partial charge is 0.283 e. The molecule has 0 saturated carbocycles. The van der Waals surface area contributed by atoms with Crippen LogP contribution in [0.5, 0.6) is 0 Å². The Morgan fingerprint density at radius 3 is 2.86 bits per heavy atom. The van der Waals surface area contributed by atoms with Gasteiger partial charge in [-0.25, -0.2) is 0 Å². The Kier molecular flexibility index (Phi) is 3.85. The Bertz CT molecular complexity index is 622. The lowest BCUT2D eigenvalue weighted by atomic mass is 9.97. The van der Waals surface area contributed by atoms with Crippen LogP contribution in [0, 0.1) is 0 Å². The maximum atomic E-state index is 11.8. The van der Waals surface area contributed by atoms with Gasteiger partial charge in [-0.05, 0) is 38.0 Å². The molecule has 21 heavy (non-hydrogen) atoms. The number of hydrogen-bond acceptors (Lipinski definition) is 5. The molecular weight excluding hydrogens is 270 g/mol. The fourth-order valence-corrected chi connectivity index (χ4v) is 2.49. The van der Waals surface area contributed by atoms with Gasteiger partial charge < -0.3 is 13.7 Å². The van der Waals surface area contributed by atoms with Gasteiger partial charge in [-0.1, -0.05) is 6.08 Å². The van der Waals surface area contributed by atoms with E-state index in [-0.39, 0.29) is 11.8 Å². The standard InChI is InChI=1S/C15H17N3O3/c1-2-4-13(19)18-8-6-11(7-9-18)14-16-17-15(21-14)12-5-3-10-20-12/h2-5,10-11H,6-9H2,1H3. The molecule has 0 N–H and O–H groups in total. The van der Waals surface area contributed by atoms with Crippen molar-refractivity contribution in [2.24, 2.45) is 0 Å². The van der Waals surface area contributed by atoms with Gasteiger partial charge in [-0.3, -0.25) is 4.79 Å². The van der Waals surface area contributed by atoms with E-state index < -0.39 is 0 Å². The third-order valence-corrected chi connectivity index (χ3v) is 3.64. The highest BCUT2D eigenvalue weighted by Gasteiger charge is 2.26. The van der Waals surface area contributed by atoms with Gasteiger partial charge in [-0.15, -0.1) is 10.2 Å². The van der Waals surface area contributed by atoms with Crippen molar-refractivity contribution in [3.8, 4) is 11.7 Å².